The summed E-state index contributed by atoms with van der Waals surface area (Å²) < 4.78 is 30.8. The van der Waals surface area contributed by atoms with E-state index in [1.165, 1.54) is 18.2 Å². The molecule has 35 heavy (non-hydrogen) atoms. The average Bonchev–Trinajstić information content (AvgIpc) is 2.82. The van der Waals surface area contributed by atoms with Crippen molar-refractivity contribution in [3.8, 4) is 5.75 Å². The van der Waals surface area contributed by atoms with Crippen LogP contribution in [-0.4, -0.2) is 34.6 Å². The lowest BCUT2D eigenvalue weighted by atomic mass is 9.75. The number of fused-ring (bicyclic) bond motifs is 1. The van der Waals surface area contributed by atoms with E-state index >= 15 is 8.78 Å². The van der Waals surface area contributed by atoms with Crippen LogP contribution in [-0.2, 0) is 18.4 Å². The number of aliphatic hydroxyl groups excluding tert-OH is 1. The Bertz CT molecular complexity index is 1170. The monoisotopic (exact) mass is 479 g/mol. The van der Waals surface area contributed by atoms with Gasteiger partial charge >= 0.3 is 0 Å². The van der Waals surface area contributed by atoms with Gasteiger partial charge in [0.1, 0.15) is 5.75 Å². The third-order valence-corrected chi connectivity index (χ3v) is 6.55. The average molecular weight is 480 g/mol. The van der Waals surface area contributed by atoms with E-state index in [2.05, 4.69) is 13.8 Å². The number of aromatic hydroxyl groups is 1. The van der Waals surface area contributed by atoms with Crippen LogP contribution in [0.3, 0.4) is 0 Å². The van der Waals surface area contributed by atoms with E-state index in [1.54, 1.807) is 41.3 Å². The second-order valence-electron chi connectivity index (χ2n) is 9.47. The number of phenols is 1. The van der Waals surface area contributed by atoms with Crippen molar-refractivity contribution in [1.29, 1.82) is 0 Å². The highest BCUT2D eigenvalue weighted by molar-refractivity contribution is 5.63. The van der Waals surface area contributed by atoms with Crippen LogP contribution in [0.2, 0.25) is 0 Å². The number of hydrogen-bond donors (Lipinski definition) is 3. The third-order valence-electron chi connectivity index (χ3n) is 6.55. The van der Waals surface area contributed by atoms with E-state index in [9.17, 15) is 5.11 Å². The van der Waals surface area contributed by atoms with Gasteiger partial charge < -0.3 is 20.2 Å². The van der Waals surface area contributed by atoms with E-state index in [0.717, 1.165) is 12.0 Å². The topological polar surface area (TPSA) is 63.9 Å². The van der Waals surface area contributed by atoms with Crippen molar-refractivity contribution in [1.82, 2.24) is 0 Å². The van der Waals surface area contributed by atoms with Crippen molar-refractivity contribution in [2.45, 2.75) is 44.9 Å². The first-order valence-electron chi connectivity index (χ1n) is 11.8. The Labute approximate surface area is 204 Å². The molecule has 3 aromatic rings. The van der Waals surface area contributed by atoms with Crippen LogP contribution in [0, 0.1) is 5.92 Å². The maximum Gasteiger partial charge on any atom is 0.269 e. The summed E-state index contributed by atoms with van der Waals surface area (Å²) in [5, 5.41) is 28.2. The smallest absolute Gasteiger partial charge is 0.269 e. The fraction of sp³-hybridized carbons (Fsp3) is 0.310. The minimum Gasteiger partial charge on any atom is -0.508 e. The summed E-state index contributed by atoms with van der Waals surface area (Å²) >= 11 is 0. The van der Waals surface area contributed by atoms with Gasteiger partial charge in [0, 0.05) is 12.2 Å². The van der Waals surface area contributed by atoms with Crippen molar-refractivity contribution in [3.63, 3.8) is 0 Å². The SMILES string of the molecule is CC(C)Cc1ccc(N2CCc3cc(O)ccc3C2(c2ccc(C=CC(O)O)cc2)C(F)F)cc1. The summed E-state index contributed by atoms with van der Waals surface area (Å²) in [5.41, 5.74) is 2.38. The molecule has 0 radical (unpaired) electrons. The molecule has 0 fully saturated rings. The van der Waals surface area contributed by atoms with Crippen molar-refractivity contribution >= 4 is 11.8 Å². The number of alkyl halides is 2. The molecule has 1 aliphatic heterocycles. The molecule has 1 unspecified atom stereocenters. The van der Waals surface area contributed by atoms with Gasteiger partial charge in [-0.25, -0.2) is 8.78 Å². The second-order valence-corrected chi connectivity index (χ2v) is 9.47. The van der Waals surface area contributed by atoms with Gasteiger partial charge in [-0.15, -0.1) is 0 Å². The highest BCUT2D eigenvalue weighted by atomic mass is 19.3. The first kappa shape index (κ1) is 24.9. The molecule has 1 atom stereocenters. The molecule has 0 bridgehead atoms. The van der Waals surface area contributed by atoms with Crippen LogP contribution < -0.4 is 4.90 Å². The summed E-state index contributed by atoms with van der Waals surface area (Å²) in [4.78, 5) is 1.78. The Kier molecular flexibility index (Phi) is 7.24. The van der Waals surface area contributed by atoms with Crippen LogP contribution >= 0.6 is 0 Å². The largest absolute Gasteiger partial charge is 0.508 e. The highest BCUT2D eigenvalue weighted by Gasteiger charge is 2.51. The highest BCUT2D eigenvalue weighted by Crippen LogP contribution is 2.48. The molecule has 4 nitrogen and oxygen atoms in total. The molecule has 0 amide bonds. The molecule has 0 saturated heterocycles. The van der Waals surface area contributed by atoms with E-state index in [1.807, 2.05) is 24.3 Å². The molecular weight excluding hydrogens is 448 g/mol. The summed E-state index contributed by atoms with van der Waals surface area (Å²) in [6.45, 7) is 4.66. The van der Waals surface area contributed by atoms with Gasteiger partial charge in [0.05, 0.1) is 0 Å². The van der Waals surface area contributed by atoms with Crippen molar-refractivity contribution in [2.75, 3.05) is 11.4 Å². The summed E-state index contributed by atoms with van der Waals surface area (Å²) in [6, 6.07) is 19.2. The first-order valence-corrected chi connectivity index (χ1v) is 11.8. The molecule has 1 aliphatic rings. The minimum atomic E-state index is -2.76. The fourth-order valence-corrected chi connectivity index (χ4v) is 5.05. The van der Waals surface area contributed by atoms with E-state index in [-0.39, 0.29) is 5.75 Å². The summed E-state index contributed by atoms with van der Waals surface area (Å²) in [7, 11) is 0. The number of phenolic OH excluding ortho intramolecular Hbond substituents is 1. The zero-order valence-corrected chi connectivity index (χ0v) is 19.9. The molecular formula is C29H31F2NO3. The van der Waals surface area contributed by atoms with Gasteiger partial charge in [0.2, 0.25) is 0 Å². The van der Waals surface area contributed by atoms with Crippen LogP contribution in [0.5, 0.6) is 5.75 Å². The van der Waals surface area contributed by atoms with Gasteiger partial charge in [-0.3, -0.25) is 0 Å². The molecule has 0 saturated carbocycles. The van der Waals surface area contributed by atoms with Gasteiger partial charge in [-0.2, -0.15) is 0 Å². The standard InChI is InChI=1S/C29H31F2NO3/c1-19(2)17-21-5-10-24(11-6-21)32-16-15-22-18-25(33)12-13-26(22)29(32,28(30)31)23-8-3-20(4-9-23)7-14-27(34)35/h3-14,18-19,27-28,33-35H,15-17H2,1-2H3. The number of nitrogens with zero attached hydrogens (tertiary/aromatic N) is 1. The van der Waals surface area contributed by atoms with Crippen LogP contribution in [0.1, 0.15) is 41.7 Å². The lowest BCUT2D eigenvalue weighted by molar-refractivity contribution is 0.00303. The molecule has 0 aromatic heterocycles. The zero-order chi connectivity index (χ0) is 25.2. The lowest BCUT2D eigenvalue weighted by Crippen LogP contribution is -2.56. The van der Waals surface area contributed by atoms with E-state index < -0.39 is 18.3 Å². The maximum atomic E-state index is 15.4. The normalized spacial score (nSPS) is 18.1. The Morgan fingerprint density at radius 3 is 2.26 bits per heavy atom. The predicted octanol–water partition coefficient (Wildman–Crippen LogP) is 5.49. The van der Waals surface area contributed by atoms with E-state index in [4.69, 9.17) is 10.2 Å². The molecule has 4 rings (SSSR count). The fourth-order valence-electron chi connectivity index (χ4n) is 5.05. The van der Waals surface area contributed by atoms with E-state index in [0.29, 0.717) is 46.8 Å². The molecule has 184 valence electrons. The van der Waals surface area contributed by atoms with Crippen LogP contribution in [0.15, 0.2) is 72.8 Å². The number of benzene rings is 3. The van der Waals surface area contributed by atoms with Crippen molar-refractivity contribution in [2.24, 2.45) is 5.92 Å². The second kappa shape index (κ2) is 10.2. The number of aliphatic hydroxyl groups is 2. The molecule has 3 aromatic carbocycles. The molecule has 0 spiro atoms. The number of anilines is 1. The Morgan fingerprint density at radius 2 is 1.66 bits per heavy atom. The zero-order valence-electron chi connectivity index (χ0n) is 19.9. The number of rotatable bonds is 7. The van der Waals surface area contributed by atoms with Crippen molar-refractivity contribution in [3.05, 3.63) is 101 Å². The first-order chi connectivity index (χ1) is 16.7. The Morgan fingerprint density at radius 1 is 0.971 bits per heavy atom. The van der Waals surface area contributed by atoms with Gasteiger partial charge in [-0.1, -0.05) is 62.4 Å². The number of hydrogen-bond acceptors (Lipinski definition) is 4. The molecule has 3 N–H and O–H groups in total. The molecule has 0 aliphatic carbocycles. The quantitative estimate of drug-likeness (QED) is 0.393. The van der Waals surface area contributed by atoms with Crippen molar-refractivity contribution < 1.29 is 24.1 Å². The minimum absolute atomic E-state index is 0.0569. The molecule has 1 heterocycles. The van der Waals surface area contributed by atoms with Crippen LogP contribution in [0.4, 0.5) is 14.5 Å². The predicted molar refractivity (Wildman–Crippen MR) is 135 cm³/mol. The summed E-state index contributed by atoms with van der Waals surface area (Å²) in [5.74, 6) is 0.552. The lowest BCUT2D eigenvalue weighted by Gasteiger charge is -2.49. The Balaban J connectivity index is 1.87. The van der Waals surface area contributed by atoms with Gasteiger partial charge in [0.25, 0.3) is 6.43 Å². The summed E-state index contributed by atoms with van der Waals surface area (Å²) in [6.07, 6.45) is -0.166. The maximum absolute atomic E-state index is 15.4. The van der Waals surface area contributed by atoms with Gasteiger partial charge in [-0.05, 0) is 76.9 Å². The molecule has 6 heteroatoms. The van der Waals surface area contributed by atoms with Gasteiger partial charge in [0.15, 0.2) is 11.8 Å². The third kappa shape index (κ3) is 4.95. The Hall–Kier alpha value is -3.22. The van der Waals surface area contributed by atoms with Crippen LogP contribution in [0.25, 0.3) is 6.08 Å². The number of halogens is 2.